The van der Waals surface area contributed by atoms with Crippen LogP contribution in [0.4, 0.5) is 0 Å². The summed E-state index contributed by atoms with van der Waals surface area (Å²) in [6.07, 6.45) is 5.56. The summed E-state index contributed by atoms with van der Waals surface area (Å²) in [6.45, 7) is 4.49. The average molecular weight is 389 g/mol. The fraction of sp³-hybridized carbons (Fsp3) is 0.360. The Labute approximate surface area is 172 Å². The van der Waals surface area contributed by atoms with Crippen molar-refractivity contribution in [1.29, 1.82) is 0 Å². The van der Waals surface area contributed by atoms with Crippen molar-refractivity contribution in [2.45, 2.75) is 39.0 Å². The van der Waals surface area contributed by atoms with Crippen LogP contribution in [0, 0.1) is 0 Å². The van der Waals surface area contributed by atoms with Crippen molar-refractivity contribution in [1.82, 2.24) is 9.88 Å². The predicted octanol–water partition coefficient (Wildman–Crippen LogP) is 5.71. The number of hydrogen-bond acceptors (Lipinski definition) is 3. The molecule has 1 saturated heterocycles. The van der Waals surface area contributed by atoms with Gasteiger partial charge in [-0.05, 0) is 55.7 Å². The molecule has 4 nitrogen and oxygen atoms in total. The van der Waals surface area contributed by atoms with Crippen molar-refractivity contribution in [3.8, 4) is 17.0 Å². The topological polar surface area (TPSA) is 42.4 Å². The summed E-state index contributed by atoms with van der Waals surface area (Å²) in [4.78, 5) is 20.2. The molecule has 150 valence electrons. The molecule has 0 spiro atoms. The third kappa shape index (κ3) is 4.42. The maximum atomic E-state index is 13.4. The van der Waals surface area contributed by atoms with Crippen LogP contribution < -0.4 is 4.74 Å². The standard InChI is InChI=1S/C25H28N2O2/c1-2-17-29-20-13-11-19(12-14-20)24-18-22(21-9-5-6-10-23(21)26-24)25(28)27-15-7-3-4-8-16-27/h5-6,9-14,18H,2-4,7-8,15-17H2,1H3. The average Bonchev–Trinajstić information content (AvgIpc) is 3.06. The van der Waals surface area contributed by atoms with Gasteiger partial charge in [-0.25, -0.2) is 4.98 Å². The number of carbonyl (C=O) groups excluding carboxylic acids is 1. The van der Waals surface area contributed by atoms with Gasteiger partial charge in [-0.2, -0.15) is 0 Å². The maximum Gasteiger partial charge on any atom is 0.254 e. The number of likely N-dealkylation sites (tertiary alicyclic amines) is 1. The van der Waals surface area contributed by atoms with Crippen molar-refractivity contribution in [2.75, 3.05) is 19.7 Å². The second-order valence-corrected chi connectivity index (χ2v) is 7.65. The van der Waals surface area contributed by atoms with E-state index in [1.54, 1.807) is 0 Å². The normalized spacial score (nSPS) is 14.6. The Hall–Kier alpha value is -2.88. The summed E-state index contributed by atoms with van der Waals surface area (Å²) in [5, 5.41) is 0.924. The van der Waals surface area contributed by atoms with Gasteiger partial charge in [0.25, 0.3) is 5.91 Å². The van der Waals surface area contributed by atoms with E-state index in [2.05, 4.69) is 6.92 Å². The van der Waals surface area contributed by atoms with E-state index in [0.717, 1.165) is 65.8 Å². The van der Waals surface area contributed by atoms with E-state index in [0.29, 0.717) is 6.61 Å². The lowest BCUT2D eigenvalue weighted by molar-refractivity contribution is 0.0763. The van der Waals surface area contributed by atoms with Crippen molar-refractivity contribution < 1.29 is 9.53 Å². The second kappa shape index (κ2) is 9.08. The molecule has 0 radical (unpaired) electrons. The Balaban J connectivity index is 1.71. The number of benzene rings is 2. The minimum atomic E-state index is 0.120. The molecular weight excluding hydrogens is 360 g/mol. The van der Waals surface area contributed by atoms with Gasteiger partial charge in [0.1, 0.15) is 5.75 Å². The quantitative estimate of drug-likeness (QED) is 0.562. The lowest BCUT2D eigenvalue weighted by Gasteiger charge is -2.21. The van der Waals surface area contributed by atoms with Crippen molar-refractivity contribution in [3.63, 3.8) is 0 Å². The first-order valence-electron chi connectivity index (χ1n) is 10.7. The van der Waals surface area contributed by atoms with Crippen LogP contribution in [0.1, 0.15) is 49.4 Å². The third-order valence-electron chi connectivity index (χ3n) is 5.46. The third-order valence-corrected chi connectivity index (χ3v) is 5.46. The van der Waals surface area contributed by atoms with E-state index in [1.165, 1.54) is 12.8 Å². The Morgan fingerprint density at radius 2 is 1.72 bits per heavy atom. The summed E-state index contributed by atoms with van der Waals surface area (Å²) in [6, 6.07) is 17.9. The molecule has 1 aliphatic heterocycles. The molecule has 0 atom stereocenters. The maximum absolute atomic E-state index is 13.4. The van der Waals surface area contributed by atoms with Gasteiger partial charge in [0.15, 0.2) is 0 Å². The van der Waals surface area contributed by atoms with E-state index in [1.807, 2.05) is 59.5 Å². The first kappa shape index (κ1) is 19.4. The Morgan fingerprint density at radius 3 is 2.45 bits per heavy atom. The number of hydrogen-bond donors (Lipinski definition) is 0. The number of nitrogens with zero attached hydrogens (tertiary/aromatic N) is 2. The highest BCUT2D eigenvalue weighted by atomic mass is 16.5. The van der Waals surface area contributed by atoms with E-state index in [9.17, 15) is 4.79 Å². The van der Waals surface area contributed by atoms with Gasteiger partial charge in [-0.15, -0.1) is 0 Å². The lowest BCUT2D eigenvalue weighted by Crippen LogP contribution is -2.32. The fourth-order valence-electron chi connectivity index (χ4n) is 3.89. The van der Waals surface area contributed by atoms with Crippen LogP contribution in [0.3, 0.4) is 0 Å². The lowest BCUT2D eigenvalue weighted by atomic mass is 10.0. The first-order chi connectivity index (χ1) is 14.3. The Morgan fingerprint density at radius 1 is 1.00 bits per heavy atom. The molecule has 2 aromatic carbocycles. The van der Waals surface area contributed by atoms with E-state index in [4.69, 9.17) is 9.72 Å². The number of carbonyl (C=O) groups is 1. The van der Waals surface area contributed by atoms with Crippen LogP contribution in [0.25, 0.3) is 22.2 Å². The van der Waals surface area contributed by atoms with Gasteiger partial charge >= 0.3 is 0 Å². The van der Waals surface area contributed by atoms with E-state index < -0.39 is 0 Å². The zero-order chi connectivity index (χ0) is 20.1. The SMILES string of the molecule is CCCOc1ccc(-c2cc(C(=O)N3CCCCCC3)c3ccccc3n2)cc1. The highest BCUT2D eigenvalue weighted by molar-refractivity contribution is 6.07. The largest absolute Gasteiger partial charge is 0.494 e. The number of pyridine rings is 1. The van der Waals surface area contributed by atoms with Gasteiger partial charge in [0, 0.05) is 24.0 Å². The van der Waals surface area contributed by atoms with Gasteiger partial charge in [0.05, 0.1) is 23.4 Å². The van der Waals surface area contributed by atoms with Gasteiger partial charge < -0.3 is 9.64 Å². The van der Waals surface area contributed by atoms with Gasteiger partial charge in [-0.3, -0.25) is 4.79 Å². The summed E-state index contributed by atoms with van der Waals surface area (Å²) < 4.78 is 5.69. The Bertz CT molecular complexity index is 974. The number of ether oxygens (including phenoxy) is 1. The summed E-state index contributed by atoms with van der Waals surface area (Å²) in [7, 11) is 0. The summed E-state index contributed by atoms with van der Waals surface area (Å²) >= 11 is 0. The summed E-state index contributed by atoms with van der Waals surface area (Å²) in [5.41, 5.74) is 3.42. The van der Waals surface area contributed by atoms with E-state index >= 15 is 0 Å². The molecule has 2 heterocycles. The zero-order valence-corrected chi connectivity index (χ0v) is 17.1. The van der Waals surface area contributed by atoms with Crippen LogP contribution in [0.5, 0.6) is 5.75 Å². The molecule has 0 saturated carbocycles. The van der Waals surface area contributed by atoms with Crippen LogP contribution >= 0.6 is 0 Å². The van der Waals surface area contributed by atoms with Gasteiger partial charge in [-0.1, -0.05) is 38.0 Å². The smallest absolute Gasteiger partial charge is 0.254 e. The predicted molar refractivity (Wildman–Crippen MR) is 117 cm³/mol. The molecule has 4 rings (SSSR count). The Kier molecular flexibility index (Phi) is 6.09. The van der Waals surface area contributed by atoms with Crippen LogP contribution in [-0.2, 0) is 0 Å². The van der Waals surface area contributed by atoms with Gasteiger partial charge in [0.2, 0.25) is 0 Å². The minimum absolute atomic E-state index is 0.120. The highest BCUT2D eigenvalue weighted by Gasteiger charge is 2.21. The highest BCUT2D eigenvalue weighted by Crippen LogP contribution is 2.28. The fourth-order valence-corrected chi connectivity index (χ4v) is 3.89. The summed E-state index contributed by atoms with van der Waals surface area (Å²) in [5.74, 6) is 0.979. The molecule has 3 aromatic rings. The molecule has 1 aromatic heterocycles. The van der Waals surface area contributed by atoms with Crippen molar-refractivity contribution >= 4 is 16.8 Å². The second-order valence-electron chi connectivity index (χ2n) is 7.65. The van der Waals surface area contributed by atoms with Crippen LogP contribution in [-0.4, -0.2) is 35.5 Å². The monoisotopic (exact) mass is 388 g/mol. The van der Waals surface area contributed by atoms with Crippen LogP contribution in [0.2, 0.25) is 0 Å². The molecule has 1 fully saturated rings. The number of fused-ring (bicyclic) bond motifs is 1. The van der Waals surface area contributed by atoms with E-state index in [-0.39, 0.29) is 5.91 Å². The molecule has 0 aliphatic carbocycles. The van der Waals surface area contributed by atoms with Crippen LogP contribution in [0.15, 0.2) is 54.6 Å². The van der Waals surface area contributed by atoms with Crippen molar-refractivity contribution in [2.24, 2.45) is 0 Å². The molecule has 1 amide bonds. The van der Waals surface area contributed by atoms with Crippen molar-refractivity contribution in [3.05, 3.63) is 60.2 Å². The number of aromatic nitrogens is 1. The minimum Gasteiger partial charge on any atom is -0.494 e. The molecule has 0 bridgehead atoms. The molecule has 0 N–H and O–H groups in total. The number of para-hydroxylation sites is 1. The first-order valence-corrected chi connectivity index (χ1v) is 10.7. The molecule has 0 unspecified atom stereocenters. The molecule has 29 heavy (non-hydrogen) atoms. The number of rotatable bonds is 5. The molecular formula is C25H28N2O2. The molecule has 4 heteroatoms. The molecule has 1 aliphatic rings. The zero-order valence-electron chi connectivity index (χ0n) is 17.1. The number of amides is 1.